The molecule has 1 aromatic rings. The van der Waals surface area contributed by atoms with Crippen LogP contribution >= 0.6 is 0 Å². The number of allylic oxidation sites excluding steroid dienone is 3. The molecule has 1 unspecified atom stereocenters. The molecule has 0 heterocycles. The van der Waals surface area contributed by atoms with Crippen LogP contribution in [-0.2, 0) is 0 Å². The molecule has 98 valence electrons. The van der Waals surface area contributed by atoms with E-state index in [1.807, 2.05) is 26.8 Å². The first kappa shape index (κ1) is 14.6. The van der Waals surface area contributed by atoms with Crippen molar-refractivity contribution < 1.29 is 5.11 Å². The van der Waals surface area contributed by atoms with Gasteiger partial charge in [-0.05, 0) is 60.9 Å². The molecule has 0 saturated carbocycles. The van der Waals surface area contributed by atoms with Crippen LogP contribution in [0.25, 0.3) is 5.57 Å². The Morgan fingerprint density at radius 3 is 2.56 bits per heavy atom. The lowest BCUT2D eigenvalue weighted by Crippen LogP contribution is -2.02. The predicted molar refractivity (Wildman–Crippen MR) is 79.7 cm³/mol. The minimum Gasteiger partial charge on any atom is -0.508 e. The molecule has 0 radical (unpaired) electrons. The Kier molecular flexibility index (Phi) is 5.70. The molecule has 0 spiro atoms. The maximum Gasteiger partial charge on any atom is 0.118 e. The minimum absolute atomic E-state index is 0.379. The molecule has 1 heteroatoms. The van der Waals surface area contributed by atoms with E-state index in [0.29, 0.717) is 11.7 Å². The zero-order chi connectivity index (χ0) is 13.5. The third kappa shape index (κ3) is 3.49. The van der Waals surface area contributed by atoms with Gasteiger partial charge in [0.25, 0.3) is 0 Å². The van der Waals surface area contributed by atoms with Crippen LogP contribution in [0.3, 0.4) is 0 Å². The van der Waals surface area contributed by atoms with Crippen molar-refractivity contribution in [1.82, 2.24) is 0 Å². The van der Waals surface area contributed by atoms with Gasteiger partial charge in [-0.25, -0.2) is 0 Å². The van der Waals surface area contributed by atoms with Crippen molar-refractivity contribution in [3.8, 4) is 5.75 Å². The molecule has 0 amide bonds. The Hall–Kier alpha value is -1.50. The lowest BCUT2D eigenvalue weighted by atomic mass is 9.86. The second kappa shape index (κ2) is 7.05. The summed E-state index contributed by atoms with van der Waals surface area (Å²) in [5, 5.41) is 9.49. The fourth-order valence-electron chi connectivity index (χ4n) is 2.19. The largest absolute Gasteiger partial charge is 0.508 e. The van der Waals surface area contributed by atoms with Gasteiger partial charge in [0.2, 0.25) is 0 Å². The summed E-state index contributed by atoms with van der Waals surface area (Å²) < 4.78 is 0. The van der Waals surface area contributed by atoms with Gasteiger partial charge in [-0.3, -0.25) is 0 Å². The van der Waals surface area contributed by atoms with E-state index in [2.05, 4.69) is 24.8 Å². The average Bonchev–Trinajstić information content (AvgIpc) is 2.44. The van der Waals surface area contributed by atoms with E-state index in [4.69, 9.17) is 0 Å². The Bertz CT molecular complexity index is 429. The van der Waals surface area contributed by atoms with E-state index in [-0.39, 0.29) is 0 Å². The van der Waals surface area contributed by atoms with E-state index in [1.54, 1.807) is 6.07 Å². The highest BCUT2D eigenvalue weighted by atomic mass is 16.3. The van der Waals surface area contributed by atoms with Crippen molar-refractivity contribution >= 4 is 5.57 Å². The molecule has 18 heavy (non-hydrogen) atoms. The molecule has 0 aromatic heterocycles. The summed E-state index contributed by atoms with van der Waals surface area (Å²) in [6.45, 7) is 9.78. The van der Waals surface area contributed by atoms with Crippen LogP contribution in [0.1, 0.15) is 44.2 Å². The fraction of sp³-hybridized carbons (Fsp3) is 0.412. The Morgan fingerprint density at radius 1 is 1.33 bits per heavy atom. The highest BCUT2D eigenvalue weighted by molar-refractivity contribution is 5.67. The summed E-state index contributed by atoms with van der Waals surface area (Å²) >= 11 is 0. The van der Waals surface area contributed by atoms with Crippen molar-refractivity contribution in [2.75, 3.05) is 0 Å². The molecule has 1 aliphatic rings. The van der Waals surface area contributed by atoms with E-state index in [0.717, 1.165) is 18.4 Å². The smallest absolute Gasteiger partial charge is 0.118 e. The highest BCUT2D eigenvalue weighted by Gasteiger charge is 2.13. The normalized spacial score (nSPS) is 18.4. The lowest BCUT2D eigenvalue weighted by Gasteiger charge is -2.19. The maximum absolute atomic E-state index is 9.49. The fourth-order valence-corrected chi connectivity index (χ4v) is 2.19. The number of hydrogen-bond donors (Lipinski definition) is 1. The summed E-state index contributed by atoms with van der Waals surface area (Å²) in [5.74, 6) is 1.02. The minimum atomic E-state index is 0.379. The summed E-state index contributed by atoms with van der Waals surface area (Å²) in [5.41, 5.74) is 3.60. The molecule has 1 atom stereocenters. The number of phenolic OH excluding ortho intramolecular Hbond substituents is 1. The van der Waals surface area contributed by atoms with Gasteiger partial charge in [0.1, 0.15) is 5.75 Å². The van der Waals surface area contributed by atoms with Crippen molar-refractivity contribution in [1.29, 1.82) is 0 Å². The van der Waals surface area contributed by atoms with Crippen LogP contribution in [0.15, 0.2) is 36.9 Å². The first-order valence-electron chi connectivity index (χ1n) is 6.82. The van der Waals surface area contributed by atoms with Crippen molar-refractivity contribution in [3.05, 3.63) is 48.1 Å². The molecule has 1 nitrogen and oxygen atoms in total. The first-order chi connectivity index (χ1) is 8.70. The van der Waals surface area contributed by atoms with Crippen LogP contribution in [0.4, 0.5) is 0 Å². The Balaban J connectivity index is 0.000000771. The Morgan fingerprint density at radius 2 is 2.06 bits per heavy atom. The average molecular weight is 244 g/mol. The van der Waals surface area contributed by atoms with Crippen LogP contribution in [0.2, 0.25) is 0 Å². The lowest BCUT2D eigenvalue weighted by molar-refractivity contribution is 0.471. The number of phenols is 1. The van der Waals surface area contributed by atoms with Crippen molar-refractivity contribution in [3.63, 3.8) is 0 Å². The van der Waals surface area contributed by atoms with E-state index < -0.39 is 0 Å². The van der Waals surface area contributed by atoms with E-state index >= 15 is 0 Å². The molecular weight excluding hydrogens is 220 g/mol. The zero-order valence-electron chi connectivity index (χ0n) is 11.7. The summed E-state index contributed by atoms with van der Waals surface area (Å²) in [4.78, 5) is 0. The van der Waals surface area contributed by atoms with Gasteiger partial charge < -0.3 is 5.11 Å². The molecule has 0 fully saturated rings. The van der Waals surface area contributed by atoms with Crippen molar-refractivity contribution in [2.45, 2.75) is 40.0 Å². The third-order valence-electron chi connectivity index (χ3n) is 3.35. The molecule has 1 N–H and O–H groups in total. The zero-order valence-corrected chi connectivity index (χ0v) is 11.7. The molecule has 0 bridgehead atoms. The molecule has 0 aliphatic heterocycles. The molecule has 2 rings (SSSR count). The van der Waals surface area contributed by atoms with Gasteiger partial charge in [0, 0.05) is 0 Å². The monoisotopic (exact) mass is 244 g/mol. The maximum atomic E-state index is 9.49. The number of aryl methyl sites for hydroxylation is 1. The second-order valence-corrected chi connectivity index (χ2v) is 4.50. The first-order valence-corrected chi connectivity index (χ1v) is 6.82. The van der Waals surface area contributed by atoms with Gasteiger partial charge in [-0.1, -0.05) is 32.1 Å². The molecule has 0 saturated heterocycles. The number of rotatable bonds is 2. The van der Waals surface area contributed by atoms with Crippen LogP contribution in [-0.4, -0.2) is 5.11 Å². The van der Waals surface area contributed by atoms with E-state index in [9.17, 15) is 5.11 Å². The quantitative estimate of drug-likeness (QED) is 0.718. The molecular formula is C17H24O. The van der Waals surface area contributed by atoms with Gasteiger partial charge >= 0.3 is 0 Å². The highest BCUT2D eigenvalue weighted by Crippen LogP contribution is 2.32. The standard InChI is InChI=1S/C15H18O.C2H6/c1-3-12-4-6-13(7-5-12)14-8-9-15(16)11(2)10-14;1-2/h3,6,8-10,12,16H,1,4-5,7H2,2H3;1-2H3. The number of benzene rings is 1. The third-order valence-corrected chi connectivity index (χ3v) is 3.35. The summed E-state index contributed by atoms with van der Waals surface area (Å²) in [6, 6.07) is 5.85. The van der Waals surface area contributed by atoms with Crippen LogP contribution in [0, 0.1) is 12.8 Å². The molecule has 1 aromatic carbocycles. The van der Waals surface area contributed by atoms with Crippen molar-refractivity contribution in [2.24, 2.45) is 5.92 Å². The SMILES string of the molecule is C=CC1CC=C(c2ccc(O)c(C)c2)CC1.CC. The van der Waals surface area contributed by atoms with Gasteiger partial charge in [0.15, 0.2) is 0 Å². The second-order valence-electron chi connectivity index (χ2n) is 4.50. The van der Waals surface area contributed by atoms with Crippen LogP contribution in [0.5, 0.6) is 5.75 Å². The van der Waals surface area contributed by atoms with E-state index in [1.165, 1.54) is 17.6 Å². The topological polar surface area (TPSA) is 20.2 Å². The van der Waals surface area contributed by atoms with Gasteiger partial charge in [-0.15, -0.1) is 6.58 Å². The van der Waals surface area contributed by atoms with Gasteiger partial charge in [0.05, 0.1) is 0 Å². The molecule has 1 aliphatic carbocycles. The summed E-state index contributed by atoms with van der Waals surface area (Å²) in [7, 11) is 0. The Labute approximate surface area is 111 Å². The van der Waals surface area contributed by atoms with Crippen LogP contribution < -0.4 is 0 Å². The number of aromatic hydroxyl groups is 1. The summed E-state index contributed by atoms with van der Waals surface area (Å²) in [6.07, 6.45) is 7.76. The number of hydrogen-bond acceptors (Lipinski definition) is 1. The predicted octanol–water partition coefficient (Wildman–Crippen LogP) is 5.10. The van der Waals surface area contributed by atoms with Gasteiger partial charge in [-0.2, -0.15) is 0 Å².